The van der Waals surface area contributed by atoms with Crippen LogP contribution in [0.1, 0.15) is 51.4 Å². The molecule has 0 aromatic heterocycles. The van der Waals surface area contributed by atoms with Crippen molar-refractivity contribution in [1.82, 2.24) is 0 Å². The van der Waals surface area contributed by atoms with Crippen LogP contribution in [0.2, 0.25) is 0 Å². The van der Waals surface area contributed by atoms with Crippen molar-refractivity contribution in [2.45, 2.75) is 51.4 Å². The summed E-state index contributed by atoms with van der Waals surface area (Å²) in [4.78, 5) is 0. The fourth-order valence-electron chi connectivity index (χ4n) is 4.11. The first-order valence-electron chi connectivity index (χ1n) is 7.07. The Hall–Kier alpha value is -0.0800. The quantitative estimate of drug-likeness (QED) is 0.773. The zero-order valence-electron chi connectivity index (χ0n) is 10.3. The predicted molar refractivity (Wildman–Crippen MR) is 65.1 cm³/mol. The number of rotatable bonds is 4. The molecule has 2 saturated carbocycles. The van der Waals surface area contributed by atoms with Gasteiger partial charge in [0.1, 0.15) is 0 Å². The van der Waals surface area contributed by atoms with E-state index in [2.05, 4.69) is 0 Å². The molecule has 2 fully saturated rings. The summed E-state index contributed by atoms with van der Waals surface area (Å²) in [6, 6.07) is 0. The lowest BCUT2D eigenvalue weighted by atomic mass is 9.62. The van der Waals surface area contributed by atoms with Crippen LogP contribution in [0.4, 0.5) is 0 Å². The van der Waals surface area contributed by atoms with E-state index in [4.69, 9.17) is 10.2 Å². The van der Waals surface area contributed by atoms with Gasteiger partial charge >= 0.3 is 0 Å². The lowest BCUT2D eigenvalue weighted by Gasteiger charge is -2.44. The average molecular weight is 226 g/mol. The Bertz CT molecular complexity index is 183. The molecule has 0 bridgehead atoms. The second-order valence-electron chi connectivity index (χ2n) is 5.82. The minimum Gasteiger partial charge on any atom is -0.396 e. The minimum atomic E-state index is 0.323. The fraction of sp³-hybridized carbons (Fsp3) is 1.00. The zero-order valence-corrected chi connectivity index (χ0v) is 10.3. The first-order valence-corrected chi connectivity index (χ1v) is 7.07. The van der Waals surface area contributed by atoms with Crippen LogP contribution in [0.5, 0.6) is 0 Å². The highest BCUT2D eigenvalue weighted by molar-refractivity contribution is 4.87. The molecule has 0 aromatic rings. The molecule has 0 heterocycles. The predicted octanol–water partition coefficient (Wildman–Crippen LogP) is 2.58. The van der Waals surface area contributed by atoms with Crippen LogP contribution in [-0.4, -0.2) is 23.4 Å². The Morgan fingerprint density at radius 3 is 1.56 bits per heavy atom. The van der Waals surface area contributed by atoms with Crippen LogP contribution >= 0.6 is 0 Å². The molecular weight excluding hydrogens is 200 g/mol. The van der Waals surface area contributed by atoms with Crippen LogP contribution < -0.4 is 0 Å². The second kappa shape index (κ2) is 6.02. The van der Waals surface area contributed by atoms with Crippen molar-refractivity contribution in [3.63, 3.8) is 0 Å². The molecule has 0 spiro atoms. The minimum absolute atomic E-state index is 0.323. The summed E-state index contributed by atoms with van der Waals surface area (Å²) in [6.07, 6.45) is 10.2. The Morgan fingerprint density at radius 2 is 1.19 bits per heavy atom. The Morgan fingerprint density at radius 1 is 0.750 bits per heavy atom. The van der Waals surface area contributed by atoms with Gasteiger partial charge in [-0.15, -0.1) is 0 Å². The molecular formula is C14H26O2. The van der Waals surface area contributed by atoms with Crippen LogP contribution in [0.3, 0.4) is 0 Å². The van der Waals surface area contributed by atoms with Crippen molar-refractivity contribution >= 4 is 0 Å². The maximum Gasteiger partial charge on any atom is 0.0433 e. The Kier molecular flexibility index (Phi) is 4.66. The highest BCUT2D eigenvalue weighted by atomic mass is 16.3. The van der Waals surface area contributed by atoms with Crippen LogP contribution in [-0.2, 0) is 0 Å². The van der Waals surface area contributed by atoms with Crippen molar-refractivity contribution in [2.75, 3.05) is 13.2 Å². The highest BCUT2D eigenvalue weighted by Crippen LogP contribution is 2.47. The smallest absolute Gasteiger partial charge is 0.0433 e. The van der Waals surface area contributed by atoms with E-state index >= 15 is 0 Å². The summed E-state index contributed by atoms with van der Waals surface area (Å²) < 4.78 is 0. The van der Waals surface area contributed by atoms with Gasteiger partial charge in [0.15, 0.2) is 0 Å². The molecule has 2 aliphatic rings. The van der Waals surface area contributed by atoms with Crippen LogP contribution in [0.15, 0.2) is 0 Å². The summed E-state index contributed by atoms with van der Waals surface area (Å²) in [5.41, 5.74) is 0. The van der Waals surface area contributed by atoms with Crippen molar-refractivity contribution in [2.24, 2.45) is 23.7 Å². The lowest BCUT2D eigenvalue weighted by molar-refractivity contribution is 0.0501. The van der Waals surface area contributed by atoms with Gasteiger partial charge in [-0.2, -0.15) is 0 Å². The van der Waals surface area contributed by atoms with Gasteiger partial charge in [0.2, 0.25) is 0 Å². The summed E-state index contributed by atoms with van der Waals surface area (Å²) >= 11 is 0. The SMILES string of the molecule is OCCC1CC2CCCCC2CC1CCO. The summed E-state index contributed by atoms with van der Waals surface area (Å²) in [5, 5.41) is 18.3. The maximum absolute atomic E-state index is 9.14. The van der Waals surface area contributed by atoms with Gasteiger partial charge in [0.25, 0.3) is 0 Å². The number of hydrogen-bond acceptors (Lipinski definition) is 2. The molecule has 0 aliphatic heterocycles. The Balaban J connectivity index is 1.95. The highest BCUT2D eigenvalue weighted by Gasteiger charge is 2.37. The van der Waals surface area contributed by atoms with E-state index in [1.54, 1.807) is 0 Å². The van der Waals surface area contributed by atoms with E-state index < -0.39 is 0 Å². The molecule has 2 N–H and O–H groups in total. The molecule has 2 heteroatoms. The Labute approximate surface area is 99.1 Å². The van der Waals surface area contributed by atoms with E-state index in [-0.39, 0.29) is 0 Å². The van der Waals surface area contributed by atoms with Crippen molar-refractivity contribution in [3.05, 3.63) is 0 Å². The van der Waals surface area contributed by atoms with Crippen LogP contribution in [0, 0.1) is 23.7 Å². The molecule has 0 saturated heterocycles. The second-order valence-corrected chi connectivity index (χ2v) is 5.82. The van der Waals surface area contributed by atoms with Gasteiger partial charge < -0.3 is 10.2 Å². The summed E-state index contributed by atoms with van der Waals surface area (Å²) in [5.74, 6) is 3.22. The van der Waals surface area contributed by atoms with Gasteiger partial charge in [-0.05, 0) is 49.4 Å². The van der Waals surface area contributed by atoms with Crippen molar-refractivity contribution in [1.29, 1.82) is 0 Å². The molecule has 2 nitrogen and oxygen atoms in total. The maximum atomic E-state index is 9.14. The summed E-state index contributed by atoms with van der Waals surface area (Å²) in [6.45, 7) is 0.647. The molecule has 2 aliphatic carbocycles. The molecule has 4 unspecified atom stereocenters. The lowest BCUT2D eigenvalue weighted by Crippen LogP contribution is -2.34. The molecule has 94 valence electrons. The van der Waals surface area contributed by atoms with E-state index in [0.717, 1.165) is 24.7 Å². The first-order chi connectivity index (χ1) is 7.85. The largest absolute Gasteiger partial charge is 0.396 e. The number of aliphatic hydroxyl groups is 2. The fourth-order valence-corrected chi connectivity index (χ4v) is 4.11. The zero-order chi connectivity index (χ0) is 11.4. The third-order valence-electron chi connectivity index (χ3n) is 4.94. The third-order valence-corrected chi connectivity index (χ3v) is 4.94. The van der Waals surface area contributed by atoms with Crippen molar-refractivity contribution in [3.8, 4) is 0 Å². The number of hydrogen-bond donors (Lipinski definition) is 2. The molecule has 0 radical (unpaired) electrons. The average Bonchev–Trinajstić information content (AvgIpc) is 2.30. The molecule has 16 heavy (non-hydrogen) atoms. The third kappa shape index (κ3) is 2.78. The van der Waals surface area contributed by atoms with Gasteiger partial charge in [-0.1, -0.05) is 25.7 Å². The van der Waals surface area contributed by atoms with E-state index in [0.29, 0.717) is 25.0 Å². The van der Waals surface area contributed by atoms with Gasteiger partial charge in [-0.3, -0.25) is 0 Å². The van der Waals surface area contributed by atoms with Gasteiger partial charge in [0.05, 0.1) is 0 Å². The van der Waals surface area contributed by atoms with Crippen molar-refractivity contribution < 1.29 is 10.2 Å². The topological polar surface area (TPSA) is 40.5 Å². The van der Waals surface area contributed by atoms with E-state index in [9.17, 15) is 0 Å². The molecule has 2 rings (SSSR count). The van der Waals surface area contributed by atoms with E-state index in [1.165, 1.54) is 38.5 Å². The molecule has 4 atom stereocenters. The first kappa shape index (κ1) is 12.4. The van der Waals surface area contributed by atoms with Gasteiger partial charge in [-0.25, -0.2) is 0 Å². The number of fused-ring (bicyclic) bond motifs is 1. The van der Waals surface area contributed by atoms with E-state index in [1.807, 2.05) is 0 Å². The van der Waals surface area contributed by atoms with Crippen LogP contribution in [0.25, 0.3) is 0 Å². The standard InChI is InChI=1S/C14H26O2/c15-7-5-13-9-11-3-1-2-4-12(11)10-14(13)6-8-16/h11-16H,1-10H2. The molecule has 0 aromatic carbocycles. The summed E-state index contributed by atoms with van der Waals surface area (Å²) in [7, 11) is 0. The molecule has 0 amide bonds. The number of aliphatic hydroxyl groups excluding tert-OH is 2. The van der Waals surface area contributed by atoms with Gasteiger partial charge in [0, 0.05) is 13.2 Å². The monoisotopic (exact) mass is 226 g/mol. The normalized spacial score (nSPS) is 39.4.